The summed E-state index contributed by atoms with van der Waals surface area (Å²) in [6, 6.07) is 0. The molecule has 5 heteroatoms. The fourth-order valence-corrected chi connectivity index (χ4v) is 2.63. The van der Waals surface area contributed by atoms with Gasteiger partial charge in [-0.15, -0.1) is 0 Å². The summed E-state index contributed by atoms with van der Waals surface area (Å²) in [6.07, 6.45) is 3.76. The van der Waals surface area contributed by atoms with E-state index in [4.69, 9.17) is 10.4 Å². The molecule has 0 amide bonds. The molecule has 0 bridgehead atoms. The molecule has 0 unspecified atom stereocenters. The van der Waals surface area contributed by atoms with Crippen LogP contribution in [-0.4, -0.2) is 34.4 Å². The van der Waals surface area contributed by atoms with Gasteiger partial charge < -0.3 is 5.11 Å². The van der Waals surface area contributed by atoms with E-state index in [2.05, 4.69) is 18.7 Å². The van der Waals surface area contributed by atoms with Crippen molar-refractivity contribution < 1.29 is 20.0 Å². The van der Waals surface area contributed by atoms with E-state index < -0.39 is 11.4 Å². The topological polar surface area (TPSA) is 66.8 Å². The van der Waals surface area contributed by atoms with E-state index in [9.17, 15) is 4.79 Å². The van der Waals surface area contributed by atoms with E-state index >= 15 is 0 Å². The third-order valence-electron chi connectivity index (χ3n) is 3.27. The largest absolute Gasteiger partial charge is 0.481 e. The Balaban J connectivity index is 3.54. The highest BCUT2D eigenvalue weighted by molar-refractivity contribution is 7.99. The number of carboxylic acids is 1. The van der Waals surface area contributed by atoms with Gasteiger partial charge in [0, 0.05) is 0 Å². The Morgan fingerprint density at radius 2 is 1.63 bits per heavy atom. The molecule has 0 heterocycles. The van der Waals surface area contributed by atoms with Gasteiger partial charge in [0.15, 0.2) is 0 Å². The molecule has 0 aliphatic heterocycles. The molecule has 0 saturated heterocycles. The quantitative estimate of drug-likeness (QED) is 0.343. The predicted octanol–water partition coefficient (Wildman–Crippen LogP) is 3.91. The molecule has 2 N–H and O–H groups in total. The molecule has 0 atom stereocenters. The number of carboxylic acid groups (broad SMARTS) is 1. The SMILES string of the molecule is CC(C)(CCCSCCCC(C)(C)C(=O)O)COO. The summed E-state index contributed by atoms with van der Waals surface area (Å²) >= 11 is 1.87. The zero-order chi connectivity index (χ0) is 14.9. The van der Waals surface area contributed by atoms with Crippen molar-refractivity contribution in [3.8, 4) is 0 Å². The lowest BCUT2D eigenvalue weighted by molar-refractivity contribution is -0.260. The Labute approximate surface area is 120 Å². The van der Waals surface area contributed by atoms with Crippen molar-refractivity contribution in [2.24, 2.45) is 10.8 Å². The van der Waals surface area contributed by atoms with Gasteiger partial charge >= 0.3 is 5.97 Å². The Morgan fingerprint density at radius 1 is 1.11 bits per heavy atom. The highest BCUT2D eigenvalue weighted by Crippen LogP contribution is 2.25. The molecule has 0 aliphatic rings. The van der Waals surface area contributed by atoms with Gasteiger partial charge in [-0.1, -0.05) is 13.8 Å². The fourth-order valence-electron chi connectivity index (χ4n) is 1.72. The molecule has 0 aromatic rings. The lowest BCUT2D eigenvalue weighted by Crippen LogP contribution is -2.23. The standard InChI is InChI=1S/C14H28O4S/c1-13(2,11-18-17)7-5-9-19-10-6-8-14(3,4)12(15)16/h17H,5-11H2,1-4H3,(H,15,16). The van der Waals surface area contributed by atoms with E-state index in [1.165, 1.54) is 0 Å². The second-order valence-corrected chi connectivity index (χ2v) is 7.67. The van der Waals surface area contributed by atoms with Gasteiger partial charge in [0.2, 0.25) is 0 Å². The molecule has 0 aromatic carbocycles. The van der Waals surface area contributed by atoms with Crippen molar-refractivity contribution in [3.63, 3.8) is 0 Å². The molecule has 0 fully saturated rings. The van der Waals surface area contributed by atoms with E-state index in [-0.39, 0.29) is 5.41 Å². The van der Waals surface area contributed by atoms with Crippen LogP contribution in [-0.2, 0) is 9.68 Å². The average Bonchev–Trinajstić information content (AvgIpc) is 2.27. The summed E-state index contributed by atoms with van der Waals surface area (Å²) in [5, 5.41) is 17.4. The summed E-state index contributed by atoms with van der Waals surface area (Å²) in [5.41, 5.74) is -0.596. The van der Waals surface area contributed by atoms with Crippen LogP contribution < -0.4 is 0 Å². The fraction of sp³-hybridized carbons (Fsp3) is 0.929. The molecular weight excluding hydrogens is 264 g/mol. The summed E-state index contributed by atoms with van der Waals surface area (Å²) in [7, 11) is 0. The number of aliphatic carboxylic acids is 1. The predicted molar refractivity (Wildman–Crippen MR) is 79.6 cm³/mol. The van der Waals surface area contributed by atoms with Crippen LogP contribution in [0.2, 0.25) is 0 Å². The number of hydrogen-bond acceptors (Lipinski definition) is 4. The van der Waals surface area contributed by atoms with Crippen LogP contribution in [0.25, 0.3) is 0 Å². The third kappa shape index (κ3) is 9.30. The maximum Gasteiger partial charge on any atom is 0.309 e. The van der Waals surface area contributed by atoms with Crippen molar-refractivity contribution >= 4 is 17.7 Å². The summed E-state index contributed by atoms with van der Waals surface area (Å²) < 4.78 is 0. The summed E-state index contributed by atoms with van der Waals surface area (Å²) in [6.45, 7) is 8.06. The average molecular weight is 292 g/mol. The molecule has 0 rings (SSSR count). The Hall–Kier alpha value is -0.260. The van der Waals surface area contributed by atoms with Gasteiger partial charge in [-0.2, -0.15) is 11.8 Å². The van der Waals surface area contributed by atoms with Gasteiger partial charge in [-0.3, -0.25) is 10.1 Å². The molecule has 114 valence electrons. The van der Waals surface area contributed by atoms with Crippen LogP contribution in [0, 0.1) is 10.8 Å². The normalized spacial score (nSPS) is 12.7. The second kappa shape index (κ2) is 8.82. The molecule has 0 saturated carbocycles. The molecule has 0 radical (unpaired) electrons. The molecule has 0 aliphatic carbocycles. The lowest BCUT2D eigenvalue weighted by Gasteiger charge is -2.22. The van der Waals surface area contributed by atoms with Crippen molar-refractivity contribution in [2.45, 2.75) is 53.4 Å². The van der Waals surface area contributed by atoms with E-state index in [0.29, 0.717) is 6.61 Å². The zero-order valence-corrected chi connectivity index (χ0v) is 13.4. The number of carbonyl (C=O) groups is 1. The van der Waals surface area contributed by atoms with Crippen molar-refractivity contribution in [2.75, 3.05) is 18.1 Å². The van der Waals surface area contributed by atoms with Crippen LogP contribution in [0.15, 0.2) is 0 Å². The van der Waals surface area contributed by atoms with Gasteiger partial charge in [0.05, 0.1) is 12.0 Å². The van der Waals surface area contributed by atoms with Gasteiger partial charge in [0.25, 0.3) is 0 Å². The third-order valence-corrected chi connectivity index (χ3v) is 4.42. The number of thioether (sulfide) groups is 1. The first-order valence-electron chi connectivity index (χ1n) is 6.79. The number of hydrogen-bond donors (Lipinski definition) is 2. The smallest absolute Gasteiger partial charge is 0.309 e. The number of rotatable bonds is 11. The highest BCUT2D eigenvalue weighted by atomic mass is 32.2. The second-order valence-electron chi connectivity index (χ2n) is 6.45. The molecule has 0 aromatic heterocycles. The van der Waals surface area contributed by atoms with Crippen LogP contribution in [0.3, 0.4) is 0 Å². The molecular formula is C14H28O4S. The molecule has 19 heavy (non-hydrogen) atoms. The zero-order valence-electron chi connectivity index (χ0n) is 12.6. The first-order valence-corrected chi connectivity index (χ1v) is 7.94. The monoisotopic (exact) mass is 292 g/mol. The maximum atomic E-state index is 10.9. The maximum absolute atomic E-state index is 10.9. The van der Waals surface area contributed by atoms with E-state index in [1.807, 2.05) is 11.8 Å². The Morgan fingerprint density at radius 3 is 2.11 bits per heavy atom. The minimum Gasteiger partial charge on any atom is -0.481 e. The van der Waals surface area contributed by atoms with Crippen LogP contribution in [0.4, 0.5) is 0 Å². The van der Waals surface area contributed by atoms with Gasteiger partial charge in [0.1, 0.15) is 0 Å². The Bertz CT molecular complexity index is 264. The minimum absolute atomic E-state index is 0.0145. The van der Waals surface area contributed by atoms with E-state index in [1.54, 1.807) is 13.8 Å². The van der Waals surface area contributed by atoms with Crippen LogP contribution in [0.5, 0.6) is 0 Å². The first-order chi connectivity index (χ1) is 8.71. The first kappa shape index (κ1) is 18.7. The van der Waals surface area contributed by atoms with Crippen molar-refractivity contribution in [1.82, 2.24) is 0 Å². The van der Waals surface area contributed by atoms with Gasteiger partial charge in [-0.05, 0) is 56.5 Å². The van der Waals surface area contributed by atoms with Crippen LogP contribution in [0.1, 0.15) is 53.4 Å². The highest BCUT2D eigenvalue weighted by Gasteiger charge is 2.26. The van der Waals surface area contributed by atoms with Crippen molar-refractivity contribution in [1.29, 1.82) is 0 Å². The molecule has 4 nitrogen and oxygen atoms in total. The van der Waals surface area contributed by atoms with Gasteiger partial charge in [-0.25, -0.2) is 4.89 Å². The molecule has 0 spiro atoms. The summed E-state index contributed by atoms with van der Waals surface area (Å²) in [4.78, 5) is 15.1. The van der Waals surface area contributed by atoms with E-state index in [0.717, 1.165) is 37.2 Å². The summed E-state index contributed by atoms with van der Waals surface area (Å²) in [5.74, 6) is 1.36. The van der Waals surface area contributed by atoms with Crippen molar-refractivity contribution in [3.05, 3.63) is 0 Å². The lowest BCUT2D eigenvalue weighted by atomic mass is 9.88. The van der Waals surface area contributed by atoms with Crippen LogP contribution >= 0.6 is 11.8 Å². The minimum atomic E-state index is -0.719. The Kier molecular flexibility index (Phi) is 8.70.